The molecule has 1 aliphatic rings. The molecule has 130 valence electrons. The summed E-state index contributed by atoms with van der Waals surface area (Å²) in [5, 5.41) is 4.72. The van der Waals surface area contributed by atoms with Gasteiger partial charge in [-0.1, -0.05) is 0 Å². The highest BCUT2D eigenvalue weighted by molar-refractivity contribution is 5.91. The standard InChI is InChI=1S/C14H23N3O6/c1-14(2,3)23-13(21)17-6-5-9(17)12(20)16-7-10(18)15-8-11(19)22-4/h9H,5-8H2,1-4H3,(H,15,18)(H,16,20)/t9-/m1/s1. The van der Waals surface area contributed by atoms with E-state index in [1.54, 1.807) is 20.8 Å². The van der Waals surface area contributed by atoms with Crippen molar-refractivity contribution in [3.63, 3.8) is 0 Å². The second-order valence-corrected chi connectivity index (χ2v) is 6.05. The minimum Gasteiger partial charge on any atom is -0.468 e. The fraction of sp³-hybridized carbons (Fsp3) is 0.714. The van der Waals surface area contributed by atoms with Gasteiger partial charge in [-0.25, -0.2) is 4.79 Å². The monoisotopic (exact) mass is 329 g/mol. The molecule has 23 heavy (non-hydrogen) atoms. The Hall–Kier alpha value is -2.32. The first-order chi connectivity index (χ1) is 10.6. The Kier molecular flexibility index (Phi) is 6.35. The molecule has 1 rings (SSSR count). The zero-order valence-electron chi connectivity index (χ0n) is 13.8. The van der Waals surface area contributed by atoms with E-state index in [0.29, 0.717) is 13.0 Å². The lowest BCUT2D eigenvalue weighted by Gasteiger charge is -2.40. The first-order valence-electron chi connectivity index (χ1n) is 7.25. The zero-order chi connectivity index (χ0) is 17.6. The molecule has 0 radical (unpaired) electrons. The van der Waals surface area contributed by atoms with E-state index in [9.17, 15) is 19.2 Å². The van der Waals surface area contributed by atoms with E-state index in [-0.39, 0.29) is 13.1 Å². The second kappa shape index (κ2) is 7.80. The molecule has 2 N–H and O–H groups in total. The number of nitrogens with zero attached hydrogens (tertiary/aromatic N) is 1. The van der Waals surface area contributed by atoms with Crippen LogP contribution in [0.4, 0.5) is 4.79 Å². The Morgan fingerprint density at radius 3 is 2.26 bits per heavy atom. The summed E-state index contributed by atoms with van der Waals surface area (Å²) in [5.41, 5.74) is -0.637. The predicted molar refractivity (Wildman–Crippen MR) is 79.4 cm³/mol. The number of carbonyl (C=O) groups excluding carboxylic acids is 4. The molecule has 0 unspecified atom stereocenters. The van der Waals surface area contributed by atoms with Gasteiger partial charge in [0.1, 0.15) is 18.2 Å². The van der Waals surface area contributed by atoms with Crippen LogP contribution in [0.25, 0.3) is 0 Å². The average molecular weight is 329 g/mol. The summed E-state index contributed by atoms with van der Waals surface area (Å²) in [4.78, 5) is 47.5. The van der Waals surface area contributed by atoms with E-state index in [4.69, 9.17) is 4.74 Å². The Labute approximate surface area is 134 Å². The Morgan fingerprint density at radius 2 is 1.78 bits per heavy atom. The van der Waals surface area contributed by atoms with Gasteiger partial charge in [0.05, 0.1) is 13.7 Å². The van der Waals surface area contributed by atoms with Gasteiger partial charge in [0.25, 0.3) is 0 Å². The van der Waals surface area contributed by atoms with Gasteiger partial charge in [0, 0.05) is 6.54 Å². The number of ether oxygens (including phenoxy) is 2. The molecule has 0 spiro atoms. The molecule has 0 bridgehead atoms. The van der Waals surface area contributed by atoms with E-state index >= 15 is 0 Å². The summed E-state index contributed by atoms with van der Waals surface area (Å²) < 4.78 is 9.57. The van der Waals surface area contributed by atoms with Crippen LogP contribution in [0.1, 0.15) is 27.2 Å². The van der Waals surface area contributed by atoms with Gasteiger partial charge in [-0.15, -0.1) is 0 Å². The number of hydrogen-bond acceptors (Lipinski definition) is 6. The van der Waals surface area contributed by atoms with Gasteiger partial charge < -0.3 is 20.1 Å². The number of likely N-dealkylation sites (tertiary alicyclic amines) is 1. The zero-order valence-corrected chi connectivity index (χ0v) is 13.8. The minimum absolute atomic E-state index is 0.265. The SMILES string of the molecule is COC(=O)CNC(=O)CNC(=O)[C@H]1CCN1C(=O)OC(C)(C)C. The van der Waals surface area contributed by atoms with Gasteiger partial charge in [0.15, 0.2) is 0 Å². The first kappa shape index (κ1) is 18.7. The normalized spacial score (nSPS) is 16.9. The largest absolute Gasteiger partial charge is 0.468 e. The Morgan fingerprint density at radius 1 is 1.13 bits per heavy atom. The molecule has 1 aliphatic heterocycles. The van der Waals surface area contributed by atoms with Gasteiger partial charge >= 0.3 is 12.1 Å². The van der Waals surface area contributed by atoms with Crippen molar-refractivity contribution in [1.29, 1.82) is 0 Å². The molecular formula is C14H23N3O6. The maximum Gasteiger partial charge on any atom is 0.410 e. The third kappa shape index (κ3) is 6.13. The van der Waals surface area contributed by atoms with Crippen LogP contribution in [-0.4, -0.2) is 67.2 Å². The van der Waals surface area contributed by atoms with Crippen molar-refractivity contribution in [2.45, 2.75) is 38.8 Å². The maximum atomic E-state index is 12.0. The van der Waals surface area contributed by atoms with E-state index in [2.05, 4.69) is 15.4 Å². The van der Waals surface area contributed by atoms with Crippen molar-refractivity contribution in [2.75, 3.05) is 26.7 Å². The number of methoxy groups -OCH3 is 1. The highest BCUT2D eigenvalue weighted by atomic mass is 16.6. The average Bonchev–Trinajstić information content (AvgIpc) is 2.38. The molecule has 0 aliphatic carbocycles. The number of carbonyl (C=O) groups is 4. The van der Waals surface area contributed by atoms with Crippen molar-refractivity contribution in [1.82, 2.24) is 15.5 Å². The van der Waals surface area contributed by atoms with Crippen molar-refractivity contribution < 1.29 is 28.7 Å². The van der Waals surface area contributed by atoms with E-state index in [1.165, 1.54) is 12.0 Å². The lowest BCUT2D eigenvalue weighted by atomic mass is 10.0. The molecule has 0 aromatic carbocycles. The molecule has 0 aromatic heterocycles. The van der Waals surface area contributed by atoms with Crippen molar-refractivity contribution >= 4 is 23.9 Å². The van der Waals surface area contributed by atoms with Crippen LogP contribution >= 0.6 is 0 Å². The van der Waals surface area contributed by atoms with E-state index in [0.717, 1.165) is 0 Å². The lowest BCUT2D eigenvalue weighted by molar-refractivity contribution is -0.141. The fourth-order valence-corrected chi connectivity index (χ4v) is 1.79. The number of amides is 3. The van der Waals surface area contributed by atoms with Crippen LogP contribution in [0.3, 0.4) is 0 Å². The summed E-state index contributed by atoms with van der Waals surface area (Å²) in [5.74, 6) is -1.54. The van der Waals surface area contributed by atoms with Crippen molar-refractivity contribution in [3.8, 4) is 0 Å². The molecule has 0 aromatic rings. The fourth-order valence-electron chi connectivity index (χ4n) is 1.79. The van der Waals surface area contributed by atoms with Crippen LogP contribution in [0.2, 0.25) is 0 Å². The molecular weight excluding hydrogens is 306 g/mol. The summed E-state index contributed by atoms with van der Waals surface area (Å²) in [6, 6.07) is -0.641. The molecule has 1 atom stereocenters. The van der Waals surface area contributed by atoms with Crippen LogP contribution in [0, 0.1) is 0 Å². The number of hydrogen-bond donors (Lipinski definition) is 2. The summed E-state index contributed by atoms with van der Waals surface area (Å²) >= 11 is 0. The third-order valence-corrected chi connectivity index (χ3v) is 3.03. The molecule has 0 saturated carbocycles. The van der Waals surface area contributed by atoms with Gasteiger partial charge in [0.2, 0.25) is 11.8 Å². The van der Waals surface area contributed by atoms with E-state index < -0.39 is 35.5 Å². The van der Waals surface area contributed by atoms with Crippen LogP contribution in [0.5, 0.6) is 0 Å². The van der Waals surface area contributed by atoms with Crippen LogP contribution in [-0.2, 0) is 23.9 Å². The molecule has 3 amide bonds. The Bertz CT molecular complexity index is 485. The minimum atomic E-state index is -0.641. The summed E-state index contributed by atoms with van der Waals surface area (Å²) in [6.07, 6.45) is -0.0477. The van der Waals surface area contributed by atoms with Crippen LogP contribution < -0.4 is 10.6 Å². The van der Waals surface area contributed by atoms with E-state index in [1.807, 2.05) is 0 Å². The van der Waals surface area contributed by atoms with Gasteiger partial charge in [-0.2, -0.15) is 0 Å². The van der Waals surface area contributed by atoms with Gasteiger partial charge in [-0.05, 0) is 27.2 Å². The van der Waals surface area contributed by atoms with Gasteiger partial charge in [-0.3, -0.25) is 19.3 Å². The van der Waals surface area contributed by atoms with Crippen LogP contribution in [0.15, 0.2) is 0 Å². The quantitative estimate of drug-likeness (QED) is 0.651. The third-order valence-electron chi connectivity index (χ3n) is 3.03. The predicted octanol–water partition coefficient (Wildman–Crippen LogP) is -0.599. The Balaban J connectivity index is 2.36. The lowest BCUT2D eigenvalue weighted by Crippen LogP contribution is -2.59. The molecule has 1 fully saturated rings. The maximum absolute atomic E-state index is 12.0. The number of nitrogens with one attached hydrogen (secondary N) is 2. The summed E-state index contributed by atoms with van der Waals surface area (Å²) in [7, 11) is 1.21. The molecule has 1 heterocycles. The first-order valence-corrected chi connectivity index (χ1v) is 7.25. The number of rotatable bonds is 5. The number of esters is 1. The highest BCUT2D eigenvalue weighted by Gasteiger charge is 2.39. The van der Waals surface area contributed by atoms with Crippen molar-refractivity contribution in [3.05, 3.63) is 0 Å². The molecule has 9 heteroatoms. The smallest absolute Gasteiger partial charge is 0.410 e. The molecule has 1 saturated heterocycles. The topological polar surface area (TPSA) is 114 Å². The second-order valence-electron chi connectivity index (χ2n) is 6.05. The molecule has 9 nitrogen and oxygen atoms in total. The van der Waals surface area contributed by atoms with Crippen molar-refractivity contribution in [2.24, 2.45) is 0 Å². The summed E-state index contributed by atoms with van der Waals surface area (Å²) in [6.45, 7) is 5.11. The highest BCUT2D eigenvalue weighted by Crippen LogP contribution is 2.21.